The van der Waals surface area contributed by atoms with E-state index in [-0.39, 0.29) is 17.9 Å². The summed E-state index contributed by atoms with van der Waals surface area (Å²) in [5, 5.41) is 17.0. The lowest BCUT2D eigenvalue weighted by molar-refractivity contribution is -0.138. The molecule has 0 saturated heterocycles. The molecule has 4 nitrogen and oxygen atoms in total. The number of rotatable bonds is 4. The number of hydrogen-bond acceptors (Lipinski definition) is 4. The van der Waals surface area contributed by atoms with E-state index < -0.39 is 11.7 Å². The highest BCUT2D eigenvalue weighted by atomic mass is 32.2. The SMILES string of the molecule is Cn1c(CO)nnc1SCc1ccccc1C(F)(F)F. The minimum absolute atomic E-state index is 0.132. The fraction of sp³-hybridized carbons (Fsp3) is 0.333. The summed E-state index contributed by atoms with van der Waals surface area (Å²) in [5.74, 6) is 0.504. The van der Waals surface area contributed by atoms with Gasteiger partial charge in [0.1, 0.15) is 6.61 Å². The molecule has 8 heteroatoms. The summed E-state index contributed by atoms with van der Waals surface area (Å²) >= 11 is 1.14. The van der Waals surface area contributed by atoms with Crippen LogP contribution in [0.3, 0.4) is 0 Å². The molecular formula is C12H12F3N3OS. The Hall–Kier alpha value is -1.54. The van der Waals surface area contributed by atoms with Crippen LogP contribution in [0, 0.1) is 0 Å². The monoisotopic (exact) mass is 303 g/mol. The van der Waals surface area contributed by atoms with Crippen molar-refractivity contribution in [1.29, 1.82) is 0 Å². The number of thioether (sulfide) groups is 1. The average Bonchev–Trinajstić information content (AvgIpc) is 2.76. The van der Waals surface area contributed by atoms with E-state index in [4.69, 9.17) is 5.11 Å². The van der Waals surface area contributed by atoms with Gasteiger partial charge in [0.05, 0.1) is 5.56 Å². The molecule has 0 unspecified atom stereocenters. The molecule has 0 atom stereocenters. The van der Waals surface area contributed by atoms with Gasteiger partial charge in [0.15, 0.2) is 11.0 Å². The van der Waals surface area contributed by atoms with Crippen molar-refractivity contribution >= 4 is 11.8 Å². The van der Waals surface area contributed by atoms with Crippen molar-refractivity contribution in [2.75, 3.05) is 0 Å². The zero-order valence-electron chi connectivity index (χ0n) is 10.6. The Balaban J connectivity index is 2.17. The maximum atomic E-state index is 12.8. The van der Waals surface area contributed by atoms with Gasteiger partial charge < -0.3 is 9.67 Å². The summed E-state index contributed by atoms with van der Waals surface area (Å²) in [6, 6.07) is 5.44. The molecule has 0 bridgehead atoms. The van der Waals surface area contributed by atoms with E-state index in [1.807, 2.05) is 0 Å². The van der Waals surface area contributed by atoms with E-state index in [1.165, 1.54) is 12.1 Å². The minimum Gasteiger partial charge on any atom is -0.388 e. The van der Waals surface area contributed by atoms with Crippen LogP contribution in [0.25, 0.3) is 0 Å². The number of halogens is 3. The first-order chi connectivity index (χ1) is 9.43. The lowest BCUT2D eigenvalue weighted by atomic mass is 10.1. The van der Waals surface area contributed by atoms with E-state index in [0.717, 1.165) is 17.8 Å². The molecule has 108 valence electrons. The Bertz CT molecular complexity index is 598. The first-order valence-corrected chi connectivity index (χ1v) is 6.69. The topological polar surface area (TPSA) is 50.9 Å². The number of nitrogens with zero attached hydrogens (tertiary/aromatic N) is 3. The first-order valence-electron chi connectivity index (χ1n) is 5.70. The van der Waals surface area contributed by atoms with E-state index in [9.17, 15) is 13.2 Å². The Morgan fingerprint density at radius 1 is 1.25 bits per heavy atom. The lowest BCUT2D eigenvalue weighted by Crippen LogP contribution is -2.08. The van der Waals surface area contributed by atoms with Crippen LogP contribution in [0.5, 0.6) is 0 Å². The van der Waals surface area contributed by atoms with E-state index in [1.54, 1.807) is 17.7 Å². The van der Waals surface area contributed by atoms with Crippen LogP contribution in [-0.2, 0) is 25.6 Å². The molecule has 2 aromatic rings. The molecule has 0 spiro atoms. The second-order valence-corrected chi connectivity index (χ2v) is 5.00. The predicted molar refractivity (Wildman–Crippen MR) is 67.9 cm³/mol. The molecule has 20 heavy (non-hydrogen) atoms. The summed E-state index contributed by atoms with van der Waals surface area (Å²) in [5.41, 5.74) is -0.449. The summed E-state index contributed by atoms with van der Waals surface area (Å²) < 4.78 is 40.1. The highest BCUT2D eigenvalue weighted by molar-refractivity contribution is 7.98. The number of aromatic nitrogens is 3. The second-order valence-electron chi connectivity index (χ2n) is 4.06. The maximum Gasteiger partial charge on any atom is 0.416 e. The zero-order chi connectivity index (χ0) is 14.8. The average molecular weight is 303 g/mol. The van der Waals surface area contributed by atoms with Gasteiger partial charge in [0.2, 0.25) is 0 Å². The third-order valence-corrected chi connectivity index (χ3v) is 3.82. The largest absolute Gasteiger partial charge is 0.416 e. The van der Waals surface area contributed by atoms with Crippen LogP contribution >= 0.6 is 11.8 Å². The molecule has 1 N–H and O–H groups in total. The molecule has 1 aromatic carbocycles. The van der Waals surface area contributed by atoms with Gasteiger partial charge in [-0.15, -0.1) is 10.2 Å². The number of benzene rings is 1. The Labute approximate surface area is 117 Å². The molecule has 0 fully saturated rings. The first kappa shape index (κ1) is 14.9. The van der Waals surface area contributed by atoms with Gasteiger partial charge in [-0.05, 0) is 11.6 Å². The van der Waals surface area contributed by atoms with E-state index in [2.05, 4.69) is 10.2 Å². The number of aliphatic hydroxyl groups is 1. The molecule has 0 aliphatic rings. The summed E-state index contributed by atoms with van der Waals surface area (Å²) in [4.78, 5) is 0. The van der Waals surface area contributed by atoms with Gasteiger partial charge in [-0.3, -0.25) is 0 Å². The van der Waals surface area contributed by atoms with Crippen molar-refractivity contribution in [3.05, 3.63) is 41.2 Å². The van der Waals surface area contributed by atoms with Gasteiger partial charge in [0.25, 0.3) is 0 Å². The highest BCUT2D eigenvalue weighted by Crippen LogP contribution is 2.34. The zero-order valence-corrected chi connectivity index (χ0v) is 11.4. The van der Waals surface area contributed by atoms with Gasteiger partial charge in [-0.1, -0.05) is 30.0 Å². The fourth-order valence-electron chi connectivity index (χ4n) is 1.67. The number of alkyl halides is 3. The van der Waals surface area contributed by atoms with Crippen molar-refractivity contribution in [3.8, 4) is 0 Å². The fourth-order valence-corrected chi connectivity index (χ4v) is 2.61. The second kappa shape index (κ2) is 5.84. The van der Waals surface area contributed by atoms with Gasteiger partial charge in [-0.25, -0.2) is 0 Å². The van der Waals surface area contributed by atoms with Crippen LogP contribution < -0.4 is 0 Å². The Morgan fingerprint density at radius 2 is 1.95 bits per heavy atom. The Kier molecular flexibility index (Phi) is 4.34. The summed E-state index contributed by atoms with van der Waals surface area (Å²) in [7, 11) is 1.66. The van der Waals surface area contributed by atoms with Crippen LogP contribution in [0.4, 0.5) is 13.2 Å². The third-order valence-electron chi connectivity index (χ3n) is 2.75. The van der Waals surface area contributed by atoms with Crippen LogP contribution in [0.15, 0.2) is 29.4 Å². The van der Waals surface area contributed by atoms with E-state index in [0.29, 0.717) is 11.0 Å². The third kappa shape index (κ3) is 3.13. The molecule has 0 amide bonds. The van der Waals surface area contributed by atoms with Crippen LogP contribution in [0.2, 0.25) is 0 Å². The molecule has 2 rings (SSSR count). The molecule has 1 aromatic heterocycles. The van der Waals surface area contributed by atoms with Crippen LogP contribution in [-0.4, -0.2) is 19.9 Å². The maximum absolute atomic E-state index is 12.8. The molecule has 0 saturated carbocycles. The minimum atomic E-state index is -4.37. The predicted octanol–water partition coefficient (Wildman–Crippen LogP) is 2.62. The summed E-state index contributed by atoms with van der Waals surface area (Å²) in [6.07, 6.45) is -4.37. The molecule has 0 aliphatic carbocycles. The summed E-state index contributed by atoms with van der Waals surface area (Å²) in [6.45, 7) is -0.261. The Morgan fingerprint density at radius 3 is 2.55 bits per heavy atom. The van der Waals surface area contributed by atoms with Crippen molar-refractivity contribution in [2.45, 2.75) is 23.7 Å². The molecule has 1 heterocycles. The smallest absolute Gasteiger partial charge is 0.388 e. The highest BCUT2D eigenvalue weighted by Gasteiger charge is 2.32. The van der Waals surface area contributed by atoms with Crippen molar-refractivity contribution in [1.82, 2.24) is 14.8 Å². The number of hydrogen-bond donors (Lipinski definition) is 1. The van der Waals surface area contributed by atoms with Gasteiger partial charge >= 0.3 is 6.18 Å². The van der Waals surface area contributed by atoms with Crippen molar-refractivity contribution in [2.24, 2.45) is 7.05 Å². The van der Waals surface area contributed by atoms with Gasteiger partial charge in [0, 0.05) is 12.8 Å². The van der Waals surface area contributed by atoms with Gasteiger partial charge in [-0.2, -0.15) is 13.2 Å². The molecular weight excluding hydrogens is 291 g/mol. The molecule has 0 radical (unpaired) electrons. The number of aliphatic hydroxyl groups excluding tert-OH is 1. The lowest BCUT2D eigenvalue weighted by Gasteiger charge is -2.12. The standard InChI is InChI=1S/C12H12F3N3OS/c1-18-10(6-19)16-17-11(18)20-7-8-4-2-3-5-9(8)12(13,14)15/h2-5,19H,6-7H2,1H3. The molecule has 0 aliphatic heterocycles. The normalized spacial score (nSPS) is 11.8. The van der Waals surface area contributed by atoms with E-state index >= 15 is 0 Å². The van der Waals surface area contributed by atoms with Crippen molar-refractivity contribution in [3.63, 3.8) is 0 Å². The van der Waals surface area contributed by atoms with Crippen molar-refractivity contribution < 1.29 is 18.3 Å². The quantitative estimate of drug-likeness (QED) is 0.882. The van der Waals surface area contributed by atoms with Crippen LogP contribution in [0.1, 0.15) is 17.0 Å².